The van der Waals surface area contributed by atoms with E-state index in [9.17, 15) is 9.59 Å². The van der Waals surface area contributed by atoms with Crippen molar-refractivity contribution < 1.29 is 9.59 Å². The molecule has 0 radical (unpaired) electrons. The SMILES string of the molecule is CCCNC(=O)CCC(=O)c1ccc(N)cc1. The van der Waals surface area contributed by atoms with E-state index in [1.165, 1.54) is 0 Å². The van der Waals surface area contributed by atoms with Gasteiger partial charge >= 0.3 is 0 Å². The van der Waals surface area contributed by atoms with E-state index >= 15 is 0 Å². The Morgan fingerprint density at radius 1 is 1.18 bits per heavy atom. The summed E-state index contributed by atoms with van der Waals surface area (Å²) in [6.45, 7) is 2.65. The Morgan fingerprint density at radius 3 is 2.41 bits per heavy atom. The van der Waals surface area contributed by atoms with Crippen LogP contribution in [0.15, 0.2) is 24.3 Å². The van der Waals surface area contributed by atoms with Gasteiger partial charge in [-0.3, -0.25) is 9.59 Å². The van der Waals surface area contributed by atoms with E-state index in [4.69, 9.17) is 5.73 Å². The highest BCUT2D eigenvalue weighted by atomic mass is 16.2. The Hall–Kier alpha value is -1.84. The monoisotopic (exact) mass is 234 g/mol. The number of benzene rings is 1. The van der Waals surface area contributed by atoms with Gasteiger partial charge in [-0.15, -0.1) is 0 Å². The molecule has 0 atom stereocenters. The van der Waals surface area contributed by atoms with E-state index in [1.54, 1.807) is 24.3 Å². The number of anilines is 1. The van der Waals surface area contributed by atoms with Crippen LogP contribution in [-0.4, -0.2) is 18.2 Å². The number of hydrogen-bond acceptors (Lipinski definition) is 3. The molecule has 17 heavy (non-hydrogen) atoms. The molecular weight excluding hydrogens is 216 g/mol. The zero-order chi connectivity index (χ0) is 12.7. The summed E-state index contributed by atoms with van der Waals surface area (Å²) in [6.07, 6.45) is 1.38. The van der Waals surface area contributed by atoms with Crippen LogP contribution < -0.4 is 11.1 Å². The Morgan fingerprint density at radius 2 is 1.82 bits per heavy atom. The van der Waals surface area contributed by atoms with E-state index in [0.717, 1.165) is 6.42 Å². The lowest BCUT2D eigenvalue weighted by Gasteiger charge is -2.03. The zero-order valence-corrected chi connectivity index (χ0v) is 10.0. The molecule has 0 spiro atoms. The average molecular weight is 234 g/mol. The molecule has 1 amide bonds. The fourth-order valence-electron chi connectivity index (χ4n) is 1.39. The fraction of sp³-hybridized carbons (Fsp3) is 0.385. The molecule has 4 nitrogen and oxygen atoms in total. The molecule has 3 N–H and O–H groups in total. The maximum Gasteiger partial charge on any atom is 0.220 e. The molecule has 0 aromatic heterocycles. The van der Waals surface area contributed by atoms with Crippen LogP contribution in [0, 0.1) is 0 Å². The third-order valence-electron chi connectivity index (χ3n) is 2.38. The molecule has 1 aromatic carbocycles. The summed E-state index contributed by atoms with van der Waals surface area (Å²) in [5, 5.41) is 2.74. The summed E-state index contributed by atoms with van der Waals surface area (Å²) in [7, 11) is 0. The topological polar surface area (TPSA) is 72.2 Å². The molecule has 0 saturated heterocycles. The highest BCUT2D eigenvalue weighted by Crippen LogP contribution is 2.09. The van der Waals surface area contributed by atoms with Gasteiger partial charge in [0.25, 0.3) is 0 Å². The van der Waals surface area contributed by atoms with Crippen LogP contribution in [0.2, 0.25) is 0 Å². The van der Waals surface area contributed by atoms with Gasteiger partial charge in [-0.05, 0) is 30.7 Å². The first-order chi connectivity index (χ1) is 8.13. The molecule has 0 saturated carbocycles. The highest BCUT2D eigenvalue weighted by molar-refractivity contribution is 5.98. The third-order valence-corrected chi connectivity index (χ3v) is 2.38. The van der Waals surface area contributed by atoms with Crippen LogP contribution in [-0.2, 0) is 4.79 Å². The Kier molecular flexibility index (Phi) is 5.20. The normalized spacial score (nSPS) is 9.94. The number of hydrogen-bond donors (Lipinski definition) is 2. The molecule has 4 heteroatoms. The number of carbonyl (C=O) groups is 2. The van der Waals surface area contributed by atoms with Gasteiger partial charge in [-0.2, -0.15) is 0 Å². The van der Waals surface area contributed by atoms with Crippen LogP contribution >= 0.6 is 0 Å². The van der Waals surface area contributed by atoms with Crippen LogP contribution in [0.1, 0.15) is 36.5 Å². The van der Waals surface area contributed by atoms with E-state index in [0.29, 0.717) is 17.8 Å². The molecule has 0 bridgehead atoms. The Bertz CT molecular complexity index is 385. The summed E-state index contributed by atoms with van der Waals surface area (Å²) in [5.74, 6) is -0.104. The van der Waals surface area contributed by atoms with Crippen molar-refractivity contribution in [3.63, 3.8) is 0 Å². The maximum absolute atomic E-state index is 11.7. The molecular formula is C13H18N2O2. The van der Waals surface area contributed by atoms with E-state index in [2.05, 4.69) is 5.32 Å². The third kappa shape index (κ3) is 4.68. The van der Waals surface area contributed by atoms with Crippen LogP contribution in [0.4, 0.5) is 5.69 Å². The number of carbonyl (C=O) groups excluding carboxylic acids is 2. The van der Waals surface area contributed by atoms with Crippen molar-refractivity contribution in [3.05, 3.63) is 29.8 Å². The minimum Gasteiger partial charge on any atom is -0.399 e. The lowest BCUT2D eigenvalue weighted by Crippen LogP contribution is -2.24. The van der Waals surface area contributed by atoms with Crippen LogP contribution in [0.3, 0.4) is 0 Å². The minimum absolute atomic E-state index is 0.0309. The Labute approximate surface area is 101 Å². The van der Waals surface area contributed by atoms with Crippen LogP contribution in [0.25, 0.3) is 0 Å². The lowest BCUT2D eigenvalue weighted by atomic mass is 10.1. The number of nitrogens with two attached hydrogens (primary N) is 1. The Balaban J connectivity index is 2.39. The summed E-state index contributed by atoms with van der Waals surface area (Å²) in [6, 6.07) is 6.73. The van der Waals surface area contributed by atoms with Gasteiger partial charge in [0.05, 0.1) is 0 Å². The zero-order valence-electron chi connectivity index (χ0n) is 10.0. The molecule has 0 aliphatic carbocycles. The first-order valence-corrected chi connectivity index (χ1v) is 5.79. The second-order valence-corrected chi connectivity index (χ2v) is 3.90. The number of ketones is 1. The van der Waals surface area contributed by atoms with Gasteiger partial charge in [-0.1, -0.05) is 6.92 Å². The number of rotatable bonds is 6. The second-order valence-electron chi connectivity index (χ2n) is 3.90. The minimum atomic E-state index is -0.0735. The smallest absolute Gasteiger partial charge is 0.220 e. The predicted molar refractivity (Wildman–Crippen MR) is 67.7 cm³/mol. The quantitative estimate of drug-likeness (QED) is 0.582. The standard InChI is InChI=1S/C13H18N2O2/c1-2-9-15-13(17)8-7-12(16)10-3-5-11(14)6-4-10/h3-6H,2,7-9,14H2,1H3,(H,15,17). The molecule has 0 aliphatic heterocycles. The van der Waals surface area contributed by atoms with Crippen molar-refractivity contribution in [1.82, 2.24) is 5.32 Å². The largest absolute Gasteiger partial charge is 0.399 e. The van der Waals surface area contributed by atoms with Gasteiger partial charge in [-0.25, -0.2) is 0 Å². The van der Waals surface area contributed by atoms with Crippen molar-refractivity contribution >= 4 is 17.4 Å². The molecule has 1 aromatic rings. The van der Waals surface area contributed by atoms with E-state index < -0.39 is 0 Å². The maximum atomic E-state index is 11.7. The molecule has 0 aliphatic rings. The first-order valence-electron chi connectivity index (χ1n) is 5.79. The van der Waals surface area contributed by atoms with Crippen molar-refractivity contribution in [1.29, 1.82) is 0 Å². The van der Waals surface area contributed by atoms with Gasteiger partial charge in [0.1, 0.15) is 0 Å². The van der Waals surface area contributed by atoms with E-state index in [1.807, 2.05) is 6.92 Å². The average Bonchev–Trinajstić information content (AvgIpc) is 2.34. The summed E-state index contributed by atoms with van der Waals surface area (Å²) in [5.41, 5.74) is 6.76. The van der Waals surface area contributed by atoms with Gasteiger partial charge < -0.3 is 11.1 Å². The highest BCUT2D eigenvalue weighted by Gasteiger charge is 2.08. The van der Waals surface area contributed by atoms with Gasteiger partial charge in [0.2, 0.25) is 5.91 Å². The fourth-order valence-corrected chi connectivity index (χ4v) is 1.39. The van der Waals surface area contributed by atoms with Gasteiger partial charge in [0.15, 0.2) is 5.78 Å². The number of nitrogen functional groups attached to an aromatic ring is 1. The molecule has 1 rings (SSSR count). The summed E-state index contributed by atoms with van der Waals surface area (Å²) >= 11 is 0. The van der Waals surface area contributed by atoms with Crippen molar-refractivity contribution in [2.75, 3.05) is 12.3 Å². The molecule has 0 unspecified atom stereocenters. The number of Topliss-reactive ketones (excluding diaryl/α,β-unsaturated/α-hetero) is 1. The lowest BCUT2D eigenvalue weighted by molar-refractivity contribution is -0.121. The van der Waals surface area contributed by atoms with Crippen LogP contribution in [0.5, 0.6) is 0 Å². The van der Waals surface area contributed by atoms with E-state index in [-0.39, 0.29) is 24.5 Å². The van der Waals surface area contributed by atoms with Crippen molar-refractivity contribution in [2.24, 2.45) is 0 Å². The summed E-state index contributed by atoms with van der Waals surface area (Å²) in [4.78, 5) is 23.0. The molecule has 92 valence electrons. The number of nitrogens with one attached hydrogen (secondary N) is 1. The van der Waals surface area contributed by atoms with Gasteiger partial charge in [0, 0.05) is 30.6 Å². The number of amides is 1. The molecule has 0 heterocycles. The second kappa shape index (κ2) is 6.68. The summed E-state index contributed by atoms with van der Waals surface area (Å²) < 4.78 is 0. The van der Waals surface area contributed by atoms with Crippen molar-refractivity contribution in [3.8, 4) is 0 Å². The van der Waals surface area contributed by atoms with Crippen molar-refractivity contribution in [2.45, 2.75) is 26.2 Å². The predicted octanol–water partition coefficient (Wildman–Crippen LogP) is 1.76. The molecule has 0 fully saturated rings. The first kappa shape index (κ1) is 13.2.